The molecule has 0 aliphatic rings. The maximum absolute atomic E-state index is 15.0. The zero-order chi connectivity index (χ0) is 23.5. The Bertz CT molecular complexity index is 1310. The lowest BCUT2D eigenvalue weighted by Crippen LogP contribution is -2.47. The lowest BCUT2D eigenvalue weighted by Gasteiger charge is -2.10. The van der Waals surface area contributed by atoms with Crippen LogP contribution in [0.3, 0.4) is 0 Å². The molecule has 4 rings (SSSR count). The van der Waals surface area contributed by atoms with E-state index in [9.17, 15) is 14.3 Å². The molecule has 1 heterocycles. The molecule has 33 heavy (non-hydrogen) atoms. The SMILES string of the molecule is CC(C)n1nc(COc2ccccc2CC(=O)O)c2cc(-c3cccc(C[NH3+])c3F)ccc21. The van der Waals surface area contributed by atoms with Crippen LogP contribution in [-0.2, 0) is 24.4 Å². The summed E-state index contributed by atoms with van der Waals surface area (Å²) in [6.07, 6.45) is -0.122. The number of aliphatic carboxylic acids is 1. The van der Waals surface area contributed by atoms with Crippen molar-refractivity contribution in [3.05, 3.63) is 83.3 Å². The first-order valence-electron chi connectivity index (χ1n) is 10.9. The number of aromatic nitrogens is 2. The van der Waals surface area contributed by atoms with Gasteiger partial charge in [-0.2, -0.15) is 5.10 Å². The molecule has 0 radical (unpaired) electrons. The van der Waals surface area contributed by atoms with Gasteiger partial charge in [-0.15, -0.1) is 0 Å². The van der Waals surface area contributed by atoms with Gasteiger partial charge in [-0.05, 0) is 37.6 Å². The third-order valence-corrected chi connectivity index (χ3v) is 5.61. The van der Waals surface area contributed by atoms with Crippen LogP contribution in [0.1, 0.15) is 36.7 Å². The maximum atomic E-state index is 15.0. The number of fused-ring (bicyclic) bond motifs is 1. The average molecular weight is 449 g/mol. The van der Waals surface area contributed by atoms with Crippen molar-refractivity contribution in [3.8, 4) is 16.9 Å². The minimum absolute atomic E-state index is 0.122. The van der Waals surface area contributed by atoms with E-state index in [1.807, 2.05) is 48.9 Å². The van der Waals surface area contributed by atoms with Crippen LogP contribution in [0.2, 0.25) is 0 Å². The number of hydrogen-bond acceptors (Lipinski definition) is 3. The van der Waals surface area contributed by atoms with Crippen LogP contribution in [0, 0.1) is 5.82 Å². The normalized spacial score (nSPS) is 11.3. The average Bonchev–Trinajstić information content (AvgIpc) is 3.16. The topological polar surface area (TPSA) is 92.0 Å². The van der Waals surface area contributed by atoms with Gasteiger partial charge in [0.25, 0.3) is 0 Å². The number of rotatable bonds is 8. The monoisotopic (exact) mass is 448 g/mol. The Hall–Kier alpha value is -3.71. The Morgan fingerprint density at radius 2 is 1.88 bits per heavy atom. The largest absolute Gasteiger partial charge is 0.487 e. The molecule has 0 atom stereocenters. The molecule has 0 saturated heterocycles. The van der Waals surface area contributed by atoms with Crippen LogP contribution >= 0.6 is 0 Å². The highest BCUT2D eigenvalue weighted by Gasteiger charge is 2.17. The molecule has 3 aromatic carbocycles. The van der Waals surface area contributed by atoms with E-state index in [0.717, 1.165) is 16.5 Å². The Labute approximate surface area is 191 Å². The van der Waals surface area contributed by atoms with Crippen molar-refractivity contribution in [3.63, 3.8) is 0 Å². The minimum Gasteiger partial charge on any atom is -0.487 e. The van der Waals surface area contributed by atoms with E-state index in [1.165, 1.54) is 0 Å². The first kappa shape index (κ1) is 22.5. The molecule has 0 aliphatic heterocycles. The predicted octanol–water partition coefficient (Wildman–Crippen LogP) is 4.37. The molecule has 0 bridgehead atoms. The summed E-state index contributed by atoms with van der Waals surface area (Å²) in [7, 11) is 0. The van der Waals surface area contributed by atoms with Gasteiger partial charge in [-0.1, -0.05) is 42.5 Å². The van der Waals surface area contributed by atoms with E-state index in [0.29, 0.717) is 34.7 Å². The molecule has 170 valence electrons. The molecular formula is C26H27FN3O3+. The van der Waals surface area contributed by atoms with Crippen molar-refractivity contribution in [2.45, 2.75) is 39.5 Å². The van der Waals surface area contributed by atoms with Crippen LogP contribution in [0.15, 0.2) is 60.7 Å². The molecule has 6 nitrogen and oxygen atoms in total. The highest BCUT2D eigenvalue weighted by molar-refractivity contribution is 5.87. The summed E-state index contributed by atoms with van der Waals surface area (Å²) >= 11 is 0. The number of quaternary nitrogens is 1. The van der Waals surface area contributed by atoms with Gasteiger partial charge < -0.3 is 15.6 Å². The summed E-state index contributed by atoms with van der Waals surface area (Å²) in [5.74, 6) is -0.669. The minimum atomic E-state index is -0.920. The maximum Gasteiger partial charge on any atom is 0.307 e. The second-order valence-electron chi connectivity index (χ2n) is 8.21. The molecule has 0 spiro atoms. The third-order valence-electron chi connectivity index (χ3n) is 5.61. The number of carbonyl (C=O) groups is 1. The Kier molecular flexibility index (Phi) is 6.42. The van der Waals surface area contributed by atoms with Gasteiger partial charge in [0.1, 0.15) is 30.4 Å². The van der Waals surface area contributed by atoms with E-state index in [2.05, 4.69) is 5.73 Å². The predicted molar refractivity (Wildman–Crippen MR) is 124 cm³/mol. The van der Waals surface area contributed by atoms with Crippen LogP contribution in [0.25, 0.3) is 22.0 Å². The van der Waals surface area contributed by atoms with E-state index < -0.39 is 5.97 Å². The van der Waals surface area contributed by atoms with Crippen LogP contribution < -0.4 is 10.5 Å². The van der Waals surface area contributed by atoms with Crippen molar-refractivity contribution in [2.75, 3.05) is 0 Å². The quantitative estimate of drug-likeness (QED) is 0.419. The molecule has 7 heteroatoms. The summed E-state index contributed by atoms with van der Waals surface area (Å²) in [4.78, 5) is 11.2. The molecule has 0 amide bonds. The number of carboxylic acid groups (broad SMARTS) is 1. The number of benzene rings is 3. The number of nitrogens with zero attached hydrogens (tertiary/aromatic N) is 2. The molecule has 4 N–H and O–H groups in total. The van der Waals surface area contributed by atoms with Gasteiger partial charge in [-0.25, -0.2) is 4.39 Å². The van der Waals surface area contributed by atoms with Gasteiger partial charge in [0.15, 0.2) is 0 Å². The molecule has 4 aromatic rings. The van der Waals surface area contributed by atoms with Crippen molar-refractivity contribution >= 4 is 16.9 Å². The number of carboxylic acids is 1. The zero-order valence-electron chi connectivity index (χ0n) is 18.7. The van der Waals surface area contributed by atoms with Crippen molar-refractivity contribution in [1.82, 2.24) is 9.78 Å². The Morgan fingerprint density at radius 1 is 1.12 bits per heavy atom. The van der Waals surface area contributed by atoms with Crippen molar-refractivity contribution < 1.29 is 24.8 Å². The fraction of sp³-hybridized carbons (Fsp3) is 0.231. The molecule has 0 saturated carbocycles. The van der Waals surface area contributed by atoms with Crippen LogP contribution in [0.5, 0.6) is 5.75 Å². The number of hydrogen-bond donors (Lipinski definition) is 2. The van der Waals surface area contributed by atoms with Gasteiger partial charge in [0.05, 0.1) is 11.9 Å². The lowest BCUT2D eigenvalue weighted by molar-refractivity contribution is -0.386. The smallest absolute Gasteiger partial charge is 0.307 e. The standard InChI is InChI=1S/C26H26FN3O3/c1-16(2)30-23-11-10-17(20-8-5-7-19(14-28)26(20)27)12-21(23)22(29-30)15-33-24-9-4-3-6-18(24)13-25(31)32/h3-12,16H,13-15,28H2,1-2H3,(H,31,32)/p+1. The highest BCUT2D eigenvalue weighted by atomic mass is 19.1. The highest BCUT2D eigenvalue weighted by Crippen LogP contribution is 2.31. The fourth-order valence-electron chi connectivity index (χ4n) is 3.97. The van der Waals surface area contributed by atoms with Crippen LogP contribution in [-0.4, -0.2) is 20.9 Å². The summed E-state index contributed by atoms with van der Waals surface area (Å²) < 4.78 is 22.9. The van der Waals surface area contributed by atoms with E-state index in [4.69, 9.17) is 9.84 Å². The summed E-state index contributed by atoms with van der Waals surface area (Å²) in [6, 6.07) is 18.4. The molecule has 1 aromatic heterocycles. The van der Waals surface area contributed by atoms with Gasteiger partial charge in [0.2, 0.25) is 0 Å². The number of ether oxygens (including phenoxy) is 1. The molecular weight excluding hydrogens is 421 g/mol. The molecule has 0 aliphatic carbocycles. The summed E-state index contributed by atoms with van der Waals surface area (Å²) in [6.45, 7) is 4.63. The van der Waals surface area contributed by atoms with Crippen molar-refractivity contribution in [1.29, 1.82) is 0 Å². The van der Waals surface area contributed by atoms with Gasteiger partial charge in [0, 0.05) is 28.1 Å². The molecule has 0 unspecified atom stereocenters. The Balaban J connectivity index is 1.74. The van der Waals surface area contributed by atoms with Crippen LogP contribution in [0.4, 0.5) is 4.39 Å². The summed E-state index contributed by atoms with van der Waals surface area (Å²) in [5, 5.41) is 14.8. The Morgan fingerprint density at radius 3 is 2.61 bits per heavy atom. The number of para-hydroxylation sites is 1. The first-order valence-corrected chi connectivity index (χ1v) is 10.9. The summed E-state index contributed by atoms with van der Waals surface area (Å²) in [5.41, 5.74) is 7.90. The molecule has 0 fully saturated rings. The van der Waals surface area contributed by atoms with E-state index >= 15 is 0 Å². The van der Waals surface area contributed by atoms with Crippen molar-refractivity contribution in [2.24, 2.45) is 0 Å². The second kappa shape index (κ2) is 9.42. The fourth-order valence-corrected chi connectivity index (χ4v) is 3.97. The lowest BCUT2D eigenvalue weighted by atomic mass is 10.00. The zero-order valence-corrected chi connectivity index (χ0v) is 18.7. The van der Waals surface area contributed by atoms with Gasteiger partial charge >= 0.3 is 5.97 Å². The second-order valence-corrected chi connectivity index (χ2v) is 8.21. The first-order chi connectivity index (χ1) is 15.9. The van der Waals surface area contributed by atoms with E-state index in [1.54, 1.807) is 30.3 Å². The van der Waals surface area contributed by atoms with E-state index in [-0.39, 0.29) is 24.9 Å². The number of halogens is 1. The third kappa shape index (κ3) is 4.59. The van der Waals surface area contributed by atoms with Gasteiger partial charge in [-0.3, -0.25) is 9.48 Å².